The number of aromatic amines is 1. The molecule has 18 heteroatoms. The van der Waals surface area contributed by atoms with Gasteiger partial charge in [0.2, 0.25) is 0 Å². The van der Waals surface area contributed by atoms with Crippen molar-refractivity contribution < 1.29 is 19.2 Å². The van der Waals surface area contributed by atoms with Gasteiger partial charge in [0.1, 0.15) is 0 Å². The molecule has 0 saturated heterocycles. The Kier molecular flexibility index (Phi) is 9.43. The number of rotatable bonds is 5. The summed E-state index contributed by atoms with van der Waals surface area (Å²) in [5, 5.41) is 4.82. The first kappa shape index (κ1) is 46.7. The van der Waals surface area contributed by atoms with Crippen molar-refractivity contribution in [2.75, 3.05) is 0 Å². The van der Waals surface area contributed by atoms with Gasteiger partial charge in [-0.1, -0.05) is 69.2 Å². The summed E-state index contributed by atoms with van der Waals surface area (Å²) in [4.78, 5) is 175. The van der Waals surface area contributed by atoms with E-state index in [0.717, 1.165) is 72.7 Å². The number of fused-ring (bicyclic) bond motifs is 6. The molecule has 80 heavy (non-hydrogen) atoms. The van der Waals surface area contributed by atoms with Gasteiger partial charge in [0.25, 0.3) is 68.1 Å². The predicted molar refractivity (Wildman–Crippen MR) is 299 cm³/mol. The fourth-order valence-electron chi connectivity index (χ4n) is 15.5. The van der Waals surface area contributed by atoms with Crippen LogP contribution in [0.5, 0.6) is 0 Å². The molecule has 394 valence electrons. The zero-order valence-electron chi connectivity index (χ0n) is 42.6. The van der Waals surface area contributed by atoms with Gasteiger partial charge in [0.05, 0.1) is 67.3 Å². The van der Waals surface area contributed by atoms with Crippen LogP contribution in [0.25, 0.3) is 86.2 Å². The molecule has 3 aliphatic carbocycles. The number of hydrogen-bond acceptors (Lipinski definition) is 12. The molecule has 4 atom stereocenters. The Labute approximate surface area is 447 Å². The summed E-state index contributed by atoms with van der Waals surface area (Å²) >= 11 is 0. The Morgan fingerprint density at radius 2 is 0.575 bits per heavy atom. The van der Waals surface area contributed by atoms with Crippen molar-refractivity contribution in [2.45, 2.75) is 114 Å². The number of carbonyl (C=O) groups is 4. The third kappa shape index (κ3) is 5.81. The van der Waals surface area contributed by atoms with Crippen molar-refractivity contribution in [3.05, 3.63) is 178 Å². The highest BCUT2D eigenvalue weighted by atomic mass is 16.2. The zero-order valence-corrected chi connectivity index (χ0v) is 42.6. The number of nitrogens with zero attached hydrogens (tertiary/aromatic N) is 5. The van der Waals surface area contributed by atoms with Crippen molar-refractivity contribution in [2.24, 2.45) is 0 Å². The standard InChI is InChI=1S/C62H44N6O12/c69-51-35-22-37-38(23-36(35)52(70)63-51)58(76)66(57(37)75)45-12-6-7-13-46(45)68-61(79)41-24-39-40(25-42(41)62(68)80)60(78)67(59(39)77)44-11-5-4-10-43(44)65-55(73)33-20-16-29-27-14-18-31-49-32(54(72)64(53(31)71)26-8-2-1-3-9-26)19-15-28(47(27)49)30-17-21-34(56(65)74)50(33)48(29)30/h14-26,43-46H,1-13H2,(H,63,69,70)/t43?,44-,45-,46-/m0/s1. The maximum absolute atomic E-state index is 15.1. The van der Waals surface area contributed by atoms with E-state index in [0.29, 0.717) is 53.0 Å². The molecule has 2 aliphatic heterocycles. The molecule has 3 saturated carbocycles. The van der Waals surface area contributed by atoms with Crippen LogP contribution < -0.4 is 44.5 Å². The second kappa shape index (κ2) is 16.1. The third-order valence-corrected chi connectivity index (χ3v) is 19.1. The van der Waals surface area contributed by atoms with E-state index < -0.39 is 80.5 Å². The highest BCUT2D eigenvalue weighted by Gasteiger charge is 2.45. The molecule has 11 aromatic rings. The van der Waals surface area contributed by atoms with Gasteiger partial charge in [-0.25, -0.2) is 0 Å². The number of H-pyrrole nitrogens is 1. The van der Waals surface area contributed by atoms with E-state index in [1.54, 1.807) is 24.3 Å². The molecule has 6 heterocycles. The molecule has 18 nitrogen and oxygen atoms in total. The molecule has 0 bridgehead atoms. The minimum absolute atomic E-state index is 0.0376. The van der Waals surface area contributed by atoms with Crippen molar-refractivity contribution in [3.8, 4) is 0 Å². The summed E-state index contributed by atoms with van der Waals surface area (Å²) in [6.07, 6.45) is 7.85. The highest BCUT2D eigenvalue weighted by molar-refractivity contribution is 6.41. The SMILES string of the molecule is O=C1c2ccc3c4ccc5c6c(ccc(c7ccc(c2c37)C(=O)N1C1CCCCC1)c64)C(=O)N(C1CCCC[C@@H]1n1c(=O)c2cc3c(=O)n([C@H]4CCCC[C@@H]4n4c(=O)c6cc7c(=O)[nH]c(=O)c7cc6c4=O)c(=O)c3cc2c1=O)C5=O. The lowest BCUT2D eigenvalue weighted by Gasteiger charge is -2.40. The van der Waals surface area contributed by atoms with Gasteiger partial charge in [-0.3, -0.25) is 86.0 Å². The van der Waals surface area contributed by atoms with Crippen LogP contribution in [-0.2, 0) is 0 Å². The maximum atomic E-state index is 15.1. The van der Waals surface area contributed by atoms with Gasteiger partial charge in [0, 0.05) is 39.1 Å². The molecular formula is C62H44N6O12. The zero-order chi connectivity index (χ0) is 54.6. The van der Waals surface area contributed by atoms with Gasteiger partial charge in [-0.05, 0) is 119 Å². The Hall–Kier alpha value is -9.32. The number of aromatic nitrogens is 4. The number of nitrogens with one attached hydrogen (secondary N) is 1. The van der Waals surface area contributed by atoms with Crippen LogP contribution in [0.4, 0.5) is 0 Å². The van der Waals surface area contributed by atoms with Crippen LogP contribution in [-0.4, -0.2) is 64.2 Å². The fraction of sp³-hybridized carbons (Fsp3) is 0.290. The first-order chi connectivity index (χ1) is 38.7. The van der Waals surface area contributed by atoms with E-state index in [9.17, 15) is 47.9 Å². The second-order valence-electron chi connectivity index (χ2n) is 22.8. The van der Waals surface area contributed by atoms with Gasteiger partial charge >= 0.3 is 0 Å². The van der Waals surface area contributed by atoms with E-state index in [2.05, 4.69) is 4.98 Å². The minimum atomic E-state index is -0.977. The Morgan fingerprint density at radius 1 is 0.287 bits per heavy atom. The summed E-state index contributed by atoms with van der Waals surface area (Å²) in [6, 6.07) is 15.4. The number of carbonyl (C=O) groups excluding carboxylic acids is 4. The maximum Gasteiger partial charge on any atom is 0.261 e. The highest BCUT2D eigenvalue weighted by Crippen LogP contribution is 2.48. The molecule has 7 aromatic carbocycles. The lowest BCUT2D eigenvalue weighted by molar-refractivity contribution is 0.0428. The number of amides is 4. The molecule has 0 spiro atoms. The summed E-state index contributed by atoms with van der Waals surface area (Å²) in [6.45, 7) is 0. The lowest BCUT2D eigenvalue weighted by Crippen LogP contribution is -2.53. The van der Waals surface area contributed by atoms with Crippen molar-refractivity contribution in [1.82, 2.24) is 28.5 Å². The van der Waals surface area contributed by atoms with Gasteiger partial charge in [-0.15, -0.1) is 0 Å². The number of benzene rings is 7. The van der Waals surface area contributed by atoms with Crippen molar-refractivity contribution in [1.29, 1.82) is 0 Å². The number of imide groups is 2. The molecule has 5 aliphatic rings. The Balaban J connectivity index is 0.769. The summed E-state index contributed by atoms with van der Waals surface area (Å²) in [5.41, 5.74) is -4.40. The lowest BCUT2D eigenvalue weighted by atomic mass is 9.81. The van der Waals surface area contributed by atoms with E-state index in [4.69, 9.17) is 0 Å². The second-order valence-corrected chi connectivity index (χ2v) is 22.8. The Morgan fingerprint density at radius 3 is 0.925 bits per heavy atom. The fourth-order valence-corrected chi connectivity index (χ4v) is 15.5. The molecule has 0 radical (unpaired) electrons. The first-order valence-electron chi connectivity index (χ1n) is 27.5. The van der Waals surface area contributed by atoms with E-state index in [1.165, 1.54) is 34.1 Å². The smallest absolute Gasteiger partial charge is 0.261 e. The largest absolute Gasteiger partial charge is 0.288 e. The first-order valence-corrected chi connectivity index (χ1v) is 27.5. The van der Waals surface area contributed by atoms with Crippen LogP contribution >= 0.6 is 0 Å². The molecule has 16 rings (SSSR count). The average molecular weight is 1070 g/mol. The van der Waals surface area contributed by atoms with E-state index in [1.807, 2.05) is 24.3 Å². The third-order valence-electron chi connectivity index (χ3n) is 19.1. The summed E-state index contributed by atoms with van der Waals surface area (Å²) in [5.74, 6) is -1.77. The van der Waals surface area contributed by atoms with Crippen LogP contribution in [0.2, 0.25) is 0 Å². The summed E-state index contributed by atoms with van der Waals surface area (Å²) < 4.78 is 3.08. The molecule has 4 aromatic heterocycles. The minimum Gasteiger partial charge on any atom is -0.288 e. The summed E-state index contributed by atoms with van der Waals surface area (Å²) in [7, 11) is 0. The molecule has 3 fully saturated rings. The molecule has 1 unspecified atom stereocenters. The van der Waals surface area contributed by atoms with Crippen LogP contribution in [0, 0.1) is 0 Å². The normalized spacial score (nSPS) is 21.2. The van der Waals surface area contributed by atoms with E-state index >= 15 is 9.59 Å². The predicted octanol–water partition coefficient (Wildman–Crippen LogP) is 6.78. The van der Waals surface area contributed by atoms with Crippen LogP contribution in [0.15, 0.2) is 111 Å². The van der Waals surface area contributed by atoms with Crippen molar-refractivity contribution in [3.63, 3.8) is 0 Å². The quantitative estimate of drug-likeness (QED) is 0.107. The van der Waals surface area contributed by atoms with E-state index in [-0.39, 0.29) is 97.8 Å². The van der Waals surface area contributed by atoms with Crippen LogP contribution in [0.3, 0.4) is 0 Å². The van der Waals surface area contributed by atoms with Gasteiger partial charge in [-0.2, -0.15) is 0 Å². The van der Waals surface area contributed by atoms with Gasteiger partial charge < -0.3 is 0 Å². The van der Waals surface area contributed by atoms with Gasteiger partial charge in [0.15, 0.2) is 0 Å². The monoisotopic (exact) mass is 1060 g/mol. The molecule has 4 amide bonds. The average Bonchev–Trinajstić information content (AvgIpc) is 4.14. The topological polar surface area (TPSA) is 242 Å². The Bertz CT molecular complexity index is 4950. The molecule has 1 N–H and O–H groups in total. The van der Waals surface area contributed by atoms with Crippen molar-refractivity contribution >= 4 is 110 Å². The van der Waals surface area contributed by atoms with Crippen LogP contribution in [0.1, 0.15) is 143 Å². The molecular weight excluding hydrogens is 1020 g/mol. The number of hydrogen-bond donors (Lipinski definition) is 1.